The molecule has 246 valence electrons. The second kappa shape index (κ2) is 12.9. The molecular weight excluding hydrogens is 607 g/mol. The number of aliphatic hydroxyl groups excluding tert-OH is 1. The first kappa shape index (κ1) is 32.3. The van der Waals surface area contributed by atoms with Crippen molar-refractivity contribution in [3.8, 4) is 5.75 Å². The normalized spacial score (nSPS) is 25.8. The SMILES string of the molecule is COc1ccc2c(c1)[C@@]1(O[C@H](CCn3cc(CCO)nn3)[C@@H]([Si](C)(C)F)[C@@H]1C)C(=O)N2Cc1cccc(NC(=O)[C@H]2CCCN2)c1. The number of amides is 2. The summed E-state index contributed by atoms with van der Waals surface area (Å²) in [6, 6.07) is 12.9. The number of hydrogen-bond acceptors (Lipinski definition) is 8. The van der Waals surface area contributed by atoms with Crippen LogP contribution in [0.15, 0.2) is 48.7 Å². The molecular formula is C33H43FN6O5Si. The summed E-state index contributed by atoms with van der Waals surface area (Å²) in [5.41, 5.74) is 1.71. The lowest BCUT2D eigenvalue weighted by atomic mass is 9.82. The van der Waals surface area contributed by atoms with Gasteiger partial charge in [0, 0.05) is 48.5 Å². The number of aliphatic hydroxyl groups is 1. The van der Waals surface area contributed by atoms with Crippen LogP contribution >= 0.6 is 0 Å². The Kier molecular flexibility index (Phi) is 9.03. The van der Waals surface area contributed by atoms with Crippen LogP contribution in [0.4, 0.5) is 15.5 Å². The molecule has 1 aromatic heterocycles. The van der Waals surface area contributed by atoms with E-state index in [2.05, 4.69) is 20.9 Å². The molecule has 2 aromatic carbocycles. The van der Waals surface area contributed by atoms with E-state index in [0.717, 1.165) is 24.9 Å². The summed E-state index contributed by atoms with van der Waals surface area (Å²) in [5, 5.41) is 23.7. The fourth-order valence-electron chi connectivity index (χ4n) is 7.58. The van der Waals surface area contributed by atoms with E-state index in [1.165, 1.54) is 0 Å². The van der Waals surface area contributed by atoms with Gasteiger partial charge in [-0.1, -0.05) is 24.3 Å². The molecule has 0 unspecified atom stereocenters. The highest BCUT2D eigenvalue weighted by Gasteiger charge is 2.66. The minimum atomic E-state index is -3.34. The van der Waals surface area contributed by atoms with Crippen LogP contribution in [0.3, 0.4) is 0 Å². The van der Waals surface area contributed by atoms with E-state index in [1.54, 1.807) is 36.0 Å². The number of carbonyl (C=O) groups is 2. The van der Waals surface area contributed by atoms with Crippen molar-refractivity contribution < 1.29 is 28.3 Å². The second-order valence-corrected chi connectivity index (χ2v) is 16.9. The number of carbonyl (C=O) groups excluding carboxylic acids is 2. The Hall–Kier alpha value is -3.65. The maximum Gasteiger partial charge on any atom is 0.264 e. The van der Waals surface area contributed by atoms with Crippen molar-refractivity contribution in [3.63, 3.8) is 0 Å². The summed E-state index contributed by atoms with van der Waals surface area (Å²) in [6.45, 7) is 6.80. The molecule has 13 heteroatoms. The van der Waals surface area contributed by atoms with Crippen LogP contribution in [0.5, 0.6) is 5.75 Å². The average Bonchev–Trinajstić information content (AvgIpc) is 3.81. The van der Waals surface area contributed by atoms with Gasteiger partial charge in [-0.2, -0.15) is 0 Å². The lowest BCUT2D eigenvalue weighted by Crippen LogP contribution is -2.45. The predicted molar refractivity (Wildman–Crippen MR) is 174 cm³/mol. The first-order valence-corrected chi connectivity index (χ1v) is 19.0. The van der Waals surface area contributed by atoms with Crippen LogP contribution in [0, 0.1) is 5.92 Å². The molecule has 3 aromatic rings. The summed E-state index contributed by atoms with van der Waals surface area (Å²) in [4.78, 5) is 29.2. The average molecular weight is 651 g/mol. The van der Waals surface area contributed by atoms with Gasteiger partial charge in [-0.05, 0) is 74.8 Å². The van der Waals surface area contributed by atoms with Gasteiger partial charge < -0.3 is 34.2 Å². The van der Waals surface area contributed by atoms with Gasteiger partial charge >= 0.3 is 0 Å². The van der Waals surface area contributed by atoms with Crippen molar-refractivity contribution in [1.29, 1.82) is 0 Å². The largest absolute Gasteiger partial charge is 0.497 e. The highest BCUT2D eigenvalue weighted by atomic mass is 28.4. The zero-order valence-electron chi connectivity index (χ0n) is 26.8. The van der Waals surface area contributed by atoms with Crippen molar-refractivity contribution in [2.75, 3.05) is 30.5 Å². The number of anilines is 2. The maximum absolute atomic E-state index is 16.2. The summed E-state index contributed by atoms with van der Waals surface area (Å²) < 4.78 is 30.3. The number of aromatic nitrogens is 3. The summed E-state index contributed by atoms with van der Waals surface area (Å²) >= 11 is 0. The van der Waals surface area contributed by atoms with Crippen LogP contribution in [-0.4, -0.2) is 72.7 Å². The number of halogens is 1. The van der Waals surface area contributed by atoms with Crippen molar-refractivity contribution >= 4 is 31.6 Å². The van der Waals surface area contributed by atoms with Crippen molar-refractivity contribution in [2.24, 2.45) is 5.92 Å². The molecule has 11 nitrogen and oxygen atoms in total. The Morgan fingerprint density at radius 2 is 2.11 bits per heavy atom. The number of benzene rings is 2. The van der Waals surface area contributed by atoms with Gasteiger partial charge in [-0.15, -0.1) is 5.10 Å². The van der Waals surface area contributed by atoms with Gasteiger partial charge in [-0.3, -0.25) is 14.3 Å². The van der Waals surface area contributed by atoms with E-state index in [1.807, 2.05) is 49.4 Å². The number of nitrogens with zero attached hydrogens (tertiary/aromatic N) is 4. The molecule has 0 saturated carbocycles. The van der Waals surface area contributed by atoms with Gasteiger partial charge in [0.25, 0.3) is 5.91 Å². The van der Waals surface area contributed by atoms with Crippen molar-refractivity contribution in [3.05, 3.63) is 65.5 Å². The van der Waals surface area contributed by atoms with Crippen LogP contribution < -0.4 is 20.3 Å². The molecule has 3 aliphatic heterocycles. The van der Waals surface area contributed by atoms with E-state index >= 15 is 4.11 Å². The van der Waals surface area contributed by atoms with E-state index < -0.39 is 31.6 Å². The number of nitrogens with one attached hydrogen (secondary N) is 2. The predicted octanol–water partition coefficient (Wildman–Crippen LogP) is 3.92. The van der Waals surface area contributed by atoms with Gasteiger partial charge in [-0.25, -0.2) is 0 Å². The summed E-state index contributed by atoms with van der Waals surface area (Å²) in [5.74, 6) is -0.158. The van der Waals surface area contributed by atoms with Crippen LogP contribution in [0.2, 0.25) is 18.6 Å². The number of aryl methyl sites for hydroxylation is 1. The van der Waals surface area contributed by atoms with Gasteiger partial charge in [0.2, 0.25) is 14.3 Å². The fourth-order valence-corrected chi connectivity index (χ4v) is 10.1. The van der Waals surface area contributed by atoms with E-state index in [4.69, 9.17) is 9.47 Å². The van der Waals surface area contributed by atoms with Crippen LogP contribution in [0.25, 0.3) is 0 Å². The van der Waals surface area contributed by atoms with Gasteiger partial charge in [0.1, 0.15) is 5.75 Å². The number of rotatable bonds is 11. The molecule has 0 bridgehead atoms. The molecule has 0 aliphatic carbocycles. The monoisotopic (exact) mass is 650 g/mol. The third-order valence-electron chi connectivity index (χ3n) is 9.68. The Morgan fingerprint density at radius 1 is 1.28 bits per heavy atom. The first-order chi connectivity index (χ1) is 22.0. The molecule has 3 N–H and O–H groups in total. The van der Waals surface area contributed by atoms with Crippen molar-refractivity contribution in [2.45, 2.75) is 82.1 Å². The first-order valence-electron chi connectivity index (χ1n) is 16.1. The topological polar surface area (TPSA) is 131 Å². The van der Waals surface area contributed by atoms with Crippen molar-refractivity contribution in [1.82, 2.24) is 20.3 Å². The molecule has 1 spiro atoms. The highest BCUT2D eigenvalue weighted by molar-refractivity contribution is 6.72. The minimum absolute atomic E-state index is 0.0213. The third kappa shape index (κ3) is 5.96. The molecule has 0 radical (unpaired) electrons. The highest BCUT2D eigenvalue weighted by Crippen LogP contribution is 2.60. The number of methoxy groups -OCH3 is 1. The lowest BCUT2D eigenvalue weighted by molar-refractivity contribution is -0.146. The van der Waals surface area contributed by atoms with Gasteiger partial charge in [0.05, 0.1) is 37.2 Å². The number of ether oxygens (including phenoxy) is 2. The number of hydrogen-bond donors (Lipinski definition) is 3. The van der Waals surface area contributed by atoms with E-state index in [9.17, 15) is 14.7 Å². The van der Waals surface area contributed by atoms with Gasteiger partial charge in [0.15, 0.2) is 5.60 Å². The zero-order valence-corrected chi connectivity index (χ0v) is 27.8. The molecule has 5 atom stereocenters. The maximum atomic E-state index is 16.2. The standard InChI is InChI=1S/C33H43FN6O5Si/c1-21-30(46(3,4)34)29(12-15-39-20-24(13-16-41)37-38-39)45-33(21)26-18-25(44-2)10-11-28(26)40(32(33)43)19-22-7-5-8-23(17-22)36-31(42)27-9-6-14-35-27/h5,7-8,10-11,17-18,20-21,27,29-30,35,41H,6,9,12-16,19H2,1-4H3,(H,36,42)/t21-,27+,29+,30-,33+/m0/s1. The molecule has 2 saturated heterocycles. The minimum Gasteiger partial charge on any atom is -0.497 e. The Balaban J connectivity index is 1.30. The molecule has 3 aliphatic rings. The molecule has 2 amide bonds. The molecule has 6 rings (SSSR count). The third-order valence-corrected chi connectivity index (χ3v) is 12.1. The smallest absolute Gasteiger partial charge is 0.264 e. The quantitative estimate of drug-likeness (QED) is 0.210. The van der Waals surface area contributed by atoms with E-state index in [0.29, 0.717) is 47.8 Å². The zero-order chi connectivity index (χ0) is 32.6. The lowest BCUT2D eigenvalue weighted by Gasteiger charge is -2.31. The Morgan fingerprint density at radius 3 is 2.83 bits per heavy atom. The number of fused-ring (bicyclic) bond motifs is 2. The molecule has 4 heterocycles. The fraction of sp³-hybridized carbons (Fsp3) is 0.515. The van der Waals surface area contributed by atoms with Crippen LogP contribution in [0.1, 0.15) is 43.0 Å². The molecule has 2 fully saturated rings. The molecule has 46 heavy (non-hydrogen) atoms. The van der Waals surface area contributed by atoms with Crippen LogP contribution in [-0.2, 0) is 39.4 Å². The second-order valence-electron chi connectivity index (χ2n) is 13.1. The Labute approximate surface area is 269 Å². The van der Waals surface area contributed by atoms with E-state index in [-0.39, 0.29) is 31.0 Å². The Bertz CT molecular complexity index is 1590. The summed E-state index contributed by atoms with van der Waals surface area (Å²) in [6.07, 6.45) is 3.88. The summed E-state index contributed by atoms with van der Waals surface area (Å²) in [7, 11) is -1.77.